The first-order valence-corrected chi connectivity index (χ1v) is 9.14. The van der Waals surface area contributed by atoms with Crippen LogP contribution < -0.4 is 15.8 Å². The van der Waals surface area contributed by atoms with Gasteiger partial charge in [-0.25, -0.2) is 0 Å². The monoisotopic (exact) mass is 369 g/mol. The lowest BCUT2D eigenvalue weighted by Gasteiger charge is -2.18. The number of rotatable bonds is 9. The maximum Gasteiger partial charge on any atom is 0.260 e. The van der Waals surface area contributed by atoms with E-state index in [2.05, 4.69) is 5.32 Å². The molecular formula is C21H27N3O3. The van der Waals surface area contributed by atoms with Gasteiger partial charge in [-0.05, 0) is 31.5 Å². The number of nitrogens with zero attached hydrogens (tertiary/aromatic N) is 1. The van der Waals surface area contributed by atoms with E-state index in [0.29, 0.717) is 24.5 Å². The molecule has 1 unspecified atom stereocenters. The summed E-state index contributed by atoms with van der Waals surface area (Å²) in [6, 6.07) is 16.1. The highest BCUT2D eigenvalue weighted by Gasteiger charge is 2.13. The normalized spacial score (nSPS) is 11.5. The van der Waals surface area contributed by atoms with Gasteiger partial charge >= 0.3 is 0 Å². The Balaban J connectivity index is 1.89. The van der Waals surface area contributed by atoms with E-state index in [0.717, 1.165) is 5.56 Å². The second-order valence-corrected chi connectivity index (χ2v) is 6.15. The van der Waals surface area contributed by atoms with Crippen LogP contribution >= 0.6 is 0 Å². The zero-order valence-electron chi connectivity index (χ0n) is 15.9. The number of carbonyl (C=O) groups excluding carboxylic acids is 2. The fraction of sp³-hybridized carbons (Fsp3) is 0.333. The minimum atomic E-state index is -0.364. The van der Waals surface area contributed by atoms with Gasteiger partial charge in [-0.15, -0.1) is 0 Å². The van der Waals surface area contributed by atoms with Gasteiger partial charge in [-0.3, -0.25) is 9.59 Å². The number of ether oxygens (including phenoxy) is 1. The molecule has 0 saturated heterocycles. The molecule has 27 heavy (non-hydrogen) atoms. The van der Waals surface area contributed by atoms with Crippen molar-refractivity contribution in [3.8, 4) is 5.75 Å². The minimum absolute atomic E-state index is 0.0298. The van der Waals surface area contributed by atoms with Crippen molar-refractivity contribution in [2.75, 3.05) is 25.0 Å². The van der Waals surface area contributed by atoms with Crippen LogP contribution in [0.15, 0.2) is 54.6 Å². The zero-order valence-corrected chi connectivity index (χ0v) is 15.9. The van der Waals surface area contributed by atoms with Crippen LogP contribution in [0.1, 0.15) is 31.9 Å². The summed E-state index contributed by atoms with van der Waals surface area (Å²) in [6.07, 6.45) is 0.176. The number of likely N-dealkylation sites (N-methyl/N-ethyl adjacent to an activating group) is 1. The standard InChI is InChI=1S/C21H27N3O3/c1-3-24(4-2)21(26)15-27-18-12-8-11-17(13-18)23-20(25)14-19(22)16-9-6-5-7-10-16/h5-13,19H,3-4,14-15,22H2,1-2H3,(H,23,25). The molecule has 2 rings (SSSR count). The Hall–Kier alpha value is -2.86. The second kappa shape index (κ2) is 10.3. The summed E-state index contributed by atoms with van der Waals surface area (Å²) in [5, 5.41) is 2.82. The summed E-state index contributed by atoms with van der Waals surface area (Å²) >= 11 is 0. The number of hydrogen-bond acceptors (Lipinski definition) is 4. The maximum absolute atomic E-state index is 12.2. The third-order valence-electron chi connectivity index (χ3n) is 4.23. The number of hydrogen-bond donors (Lipinski definition) is 2. The van der Waals surface area contributed by atoms with Gasteiger partial charge in [0.1, 0.15) is 5.75 Å². The third-order valence-corrected chi connectivity index (χ3v) is 4.23. The molecule has 0 aliphatic heterocycles. The van der Waals surface area contributed by atoms with Crippen LogP contribution in [0.25, 0.3) is 0 Å². The second-order valence-electron chi connectivity index (χ2n) is 6.15. The van der Waals surface area contributed by atoms with E-state index in [1.54, 1.807) is 29.2 Å². The molecule has 144 valence electrons. The molecule has 6 nitrogen and oxygen atoms in total. The van der Waals surface area contributed by atoms with E-state index in [-0.39, 0.29) is 30.9 Å². The van der Waals surface area contributed by atoms with Gasteiger partial charge in [0.25, 0.3) is 5.91 Å². The molecule has 0 spiro atoms. The van der Waals surface area contributed by atoms with Gasteiger partial charge in [0.2, 0.25) is 5.91 Å². The molecule has 0 bridgehead atoms. The van der Waals surface area contributed by atoms with Crippen molar-refractivity contribution in [2.45, 2.75) is 26.3 Å². The Morgan fingerprint density at radius 2 is 1.78 bits per heavy atom. The molecule has 2 aromatic rings. The van der Waals surface area contributed by atoms with Crippen LogP contribution in [0.2, 0.25) is 0 Å². The van der Waals surface area contributed by atoms with Crippen LogP contribution in [-0.2, 0) is 9.59 Å². The molecule has 2 amide bonds. The molecule has 0 saturated carbocycles. The Bertz CT molecular complexity index is 745. The summed E-state index contributed by atoms with van der Waals surface area (Å²) in [4.78, 5) is 26.0. The number of nitrogens with two attached hydrogens (primary N) is 1. The molecule has 1 atom stereocenters. The molecular weight excluding hydrogens is 342 g/mol. The highest BCUT2D eigenvalue weighted by molar-refractivity contribution is 5.91. The number of anilines is 1. The van der Waals surface area contributed by atoms with Crippen molar-refractivity contribution >= 4 is 17.5 Å². The van der Waals surface area contributed by atoms with Gasteiger partial charge in [-0.1, -0.05) is 36.4 Å². The van der Waals surface area contributed by atoms with Crippen molar-refractivity contribution in [1.82, 2.24) is 4.90 Å². The van der Waals surface area contributed by atoms with E-state index < -0.39 is 0 Å². The largest absolute Gasteiger partial charge is 0.484 e. The maximum atomic E-state index is 12.2. The highest BCUT2D eigenvalue weighted by Crippen LogP contribution is 2.19. The predicted octanol–water partition coefficient (Wildman–Crippen LogP) is 2.96. The predicted molar refractivity (Wildman–Crippen MR) is 106 cm³/mol. The Morgan fingerprint density at radius 3 is 2.44 bits per heavy atom. The number of nitrogens with one attached hydrogen (secondary N) is 1. The van der Waals surface area contributed by atoms with Gasteiger partial charge in [0.15, 0.2) is 6.61 Å². The SMILES string of the molecule is CCN(CC)C(=O)COc1cccc(NC(=O)CC(N)c2ccccc2)c1. The molecule has 0 aromatic heterocycles. The molecule has 0 aliphatic rings. The summed E-state index contributed by atoms with van der Waals surface area (Å²) in [5.74, 6) is 0.284. The van der Waals surface area contributed by atoms with Crippen LogP contribution in [0.4, 0.5) is 5.69 Å². The number of carbonyl (C=O) groups is 2. The van der Waals surface area contributed by atoms with Crippen LogP contribution in [0, 0.1) is 0 Å². The first kappa shape index (κ1) is 20.5. The number of amides is 2. The van der Waals surface area contributed by atoms with Crippen LogP contribution in [0.3, 0.4) is 0 Å². The summed E-state index contributed by atoms with van der Waals surface area (Å²) in [7, 11) is 0. The fourth-order valence-electron chi connectivity index (χ4n) is 2.71. The van der Waals surface area contributed by atoms with E-state index in [9.17, 15) is 9.59 Å². The lowest BCUT2D eigenvalue weighted by Crippen LogP contribution is -2.34. The Morgan fingerprint density at radius 1 is 1.07 bits per heavy atom. The van der Waals surface area contributed by atoms with Gasteiger partial charge < -0.3 is 20.7 Å². The van der Waals surface area contributed by atoms with Crippen molar-refractivity contribution in [2.24, 2.45) is 5.73 Å². The fourth-order valence-corrected chi connectivity index (χ4v) is 2.71. The molecule has 0 fully saturated rings. The van der Waals surface area contributed by atoms with Gasteiger partial charge in [0.05, 0.1) is 0 Å². The van der Waals surface area contributed by atoms with Crippen LogP contribution in [0.5, 0.6) is 5.75 Å². The zero-order chi connectivity index (χ0) is 19.6. The quantitative estimate of drug-likeness (QED) is 0.712. The van der Waals surface area contributed by atoms with E-state index >= 15 is 0 Å². The van der Waals surface area contributed by atoms with Gasteiger partial charge in [-0.2, -0.15) is 0 Å². The first-order chi connectivity index (χ1) is 13.0. The van der Waals surface area contributed by atoms with Crippen molar-refractivity contribution in [3.63, 3.8) is 0 Å². The van der Waals surface area contributed by atoms with Crippen molar-refractivity contribution < 1.29 is 14.3 Å². The minimum Gasteiger partial charge on any atom is -0.484 e. The lowest BCUT2D eigenvalue weighted by atomic mass is 10.0. The molecule has 0 radical (unpaired) electrons. The molecule has 3 N–H and O–H groups in total. The molecule has 6 heteroatoms. The third kappa shape index (κ3) is 6.42. The highest BCUT2D eigenvalue weighted by atomic mass is 16.5. The topological polar surface area (TPSA) is 84.7 Å². The smallest absolute Gasteiger partial charge is 0.260 e. The summed E-state index contributed by atoms with van der Waals surface area (Å²) < 4.78 is 5.56. The number of benzene rings is 2. The molecule has 0 aliphatic carbocycles. The van der Waals surface area contributed by atoms with Crippen molar-refractivity contribution in [3.05, 3.63) is 60.2 Å². The molecule has 2 aromatic carbocycles. The summed E-state index contributed by atoms with van der Waals surface area (Å²) in [5.41, 5.74) is 7.61. The summed E-state index contributed by atoms with van der Waals surface area (Å²) in [6.45, 7) is 5.13. The van der Waals surface area contributed by atoms with E-state index in [1.165, 1.54) is 0 Å². The average Bonchev–Trinajstić information content (AvgIpc) is 2.68. The Labute approximate surface area is 160 Å². The Kier molecular flexibility index (Phi) is 7.82. The van der Waals surface area contributed by atoms with E-state index in [4.69, 9.17) is 10.5 Å². The average molecular weight is 369 g/mol. The first-order valence-electron chi connectivity index (χ1n) is 9.14. The van der Waals surface area contributed by atoms with Crippen molar-refractivity contribution in [1.29, 1.82) is 0 Å². The van der Waals surface area contributed by atoms with E-state index in [1.807, 2.05) is 44.2 Å². The van der Waals surface area contributed by atoms with Gasteiger partial charge in [0, 0.05) is 37.3 Å². The lowest BCUT2D eigenvalue weighted by molar-refractivity contribution is -0.133. The van der Waals surface area contributed by atoms with Crippen LogP contribution in [-0.4, -0.2) is 36.4 Å². The molecule has 0 heterocycles.